The quantitative estimate of drug-likeness (QED) is 0.494. The molecule has 2 N–H and O–H groups in total. The van der Waals surface area contributed by atoms with Gasteiger partial charge < -0.3 is 5.32 Å². The number of carbonyl (C=O) groups excluding carboxylic acids is 2. The van der Waals surface area contributed by atoms with Gasteiger partial charge in [0.15, 0.2) is 0 Å². The summed E-state index contributed by atoms with van der Waals surface area (Å²) >= 11 is 11.8. The molecule has 124 valence electrons. The van der Waals surface area contributed by atoms with Crippen LogP contribution in [0.5, 0.6) is 0 Å². The molecule has 0 saturated carbocycles. The van der Waals surface area contributed by atoms with Gasteiger partial charge >= 0.3 is 11.8 Å². The summed E-state index contributed by atoms with van der Waals surface area (Å²) in [5.74, 6) is -1.67. The Kier molecular flexibility index (Phi) is 6.35. The van der Waals surface area contributed by atoms with Crippen molar-refractivity contribution in [3.8, 4) is 0 Å². The van der Waals surface area contributed by atoms with E-state index in [1.807, 2.05) is 19.1 Å². The number of rotatable bonds is 4. The third-order valence-corrected chi connectivity index (χ3v) is 3.75. The van der Waals surface area contributed by atoms with Crippen molar-refractivity contribution in [2.24, 2.45) is 5.10 Å². The van der Waals surface area contributed by atoms with Crippen LogP contribution in [-0.4, -0.2) is 18.0 Å². The van der Waals surface area contributed by atoms with Crippen molar-refractivity contribution in [2.75, 3.05) is 5.32 Å². The summed E-state index contributed by atoms with van der Waals surface area (Å²) in [6.45, 7) is 1.96. The van der Waals surface area contributed by atoms with Crippen molar-refractivity contribution < 1.29 is 9.59 Å². The highest BCUT2D eigenvalue weighted by molar-refractivity contribution is 6.39. The molecule has 0 radical (unpaired) electrons. The van der Waals surface area contributed by atoms with Gasteiger partial charge in [0.1, 0.15) is 0 Å². The Balaban J connectivity index is 1.96. The van der Waals surface area contributed by atoms with Crippen LogP contribution in [-0.2, 0) is 16.0 Å². The van der Waals surface area contributed by atoms with Gasteiger partial charge in [0.05, 0.1) is 11.2 Å². The molecule has 2 rings (SSSR count). The number of benzene rings is 2. The van der Waals surface area contributed by atoms with Crippen LogP contribution in [0.25, 0.3) is 0 Å². The Labute approximate surface area is 149 Å². The molecule has 7 heteroatoms. The minimum atomic E-state index is -0.873. The summed E-state index contributed by atoms with van der Waals surface area (Å²) in [6, 6.07) is 12.1. The predicted octanol–water partition coefficient (Wildman–Crippen LogP) is 3.64. The Morgan fingerprint density at radius 3 is 2.58 bits per heavy atom. The van der Waals surface area contributed by atoms with Crippen molar-refractivity contribution >= 4 is 46.9 Å². The monoisotopic (exact) mass is 363 g/mol. The van der Waals surface area contributed by atoms with Crippen molar-refractivity contribution in [1.29, 1.82) is 0 Å². The fourth-order valence-electron chi connectivity index (χ4n) is 1.95. The molecule has 0 aliphatic carbocycles. The van der Waals surface area contributed by atoms with Gasteiger partial charge in [0.25, 0.3) is 0 Å². The van der Waals surface area contributed by atoms with Gasteiger partial charge in [-0.1, -0.05) is 54.4 Å². The number of aryl methyl sites for hydroxylation is 1. The lowest BCUT2D eigenvalue weighted by Gasteiger charge is -2.08. The minimum Gasteiger partial charge on any atom is -0.317 e. The molecule has 0 aromatic heterocycles. The molecule has 0 unspecified atom stereocenters. The van der Waals surface area contributed by atoms with Crippen molar-refractivity contribution in [1.82, 2.24) is 5.43 Å². The lowest BCUT2D eigenvalue weighted by atomic mass is 10.1. The fraction of sp³-hybridized carbons (Fsp3) is 0.118. The second-order valence-electron chi connectivity index (χ2n) is 4.83. The van der Waals surface area contributed by atoms with Crippen LogP contribution >= 0.6 is 23.2 Å². The van der Waals surface area contributed by atoms with Gasteiger partial charge in [-0.3, -0.25) is 9.59 Å². The normalized spacial score (nSPS) is 10.6. The topological polar surface area (TPSA) is 70.6 Å². The maximum atomic E-state index is 11.9. The lowest BCUT2D eigenvalue weighted by Crippen LogP contribution is -2.32. The van der Waals surface area contributed by atoms with Gasteiger partial charge in [-0.15, -0.1) is 0 Å². The van der Waals surface area contributed by atoms with Gasteiger partial charge in [-0.2, -0.15) is 5.10 Å². The summed E-state index contributed by atoms with van der Waals surface area (Å²) in [7, 11) is 0. The Morgan fingerprint density at radius 2 is 1.88 bits per heavy atom. The lowest BCUT2D eigenvalue weighted by molar-refractivity contribution is -0.136. The van der Waals surface area contributed by atoms with Crippen LogP contribution in [0.1, 0.15) is 18.1 Å². The van der Waals surface area contributed by atoms with E-state index in [0.717, 1.165) is 12.0 Å². The summed E-state index contributed by atoms with van der Waals surface area (Å²) in [4.78, 5) is 23.7. The largest absolute Gasteiger partial charge is 0.329 e. The number of hydrogen-bond donors (Lipinski definition) is 2. The zero-order valence-corrected chi connectivity index (χ0v) is 14.4. The number of anilines is 1. The van der Waals surface area contributed by atoms with Crippen molar-refractivity contribution in [2.45, 2.75) is 13.3 Å². The smallest absolute Gasteiger partial charge is 0.317 e. The molecular formula is C17H15Cl2N3O2. The number of hydrazone groups is 1. The molecule has 2 aromatic carbocycles. The number of para-hydroxylation sites is 1. The second-order valence-corrected chi connectivity index (χ2v) is 5.67. The Hall–Kier alpha value is -2.37. The molecule has 5 nitrogen and oxygen atoms in total. The molecule has 0 fully saturated rings. The molecule has 0 aliphatic heterocycles. The van der Waals surface area contributed by atoms with E-state index in [1.54, 1.807) is 30.3 Å². The van der Waals surface area contributed by atoms with E-state index in [4.69, 9.17) is 23.2 Å². The average Bonchev–Trinajstić information content (AvgIpc) is 2.57. The summed E-state index contributed by atoms with van der Waals surface area (Å²) < 4.78 is 0. The van der Waals surface area contributed by atoms with Crippen LogP contribution < -0.4 is 10.7 Å². The third-order valence-electron chi connectivity index (χ3n) is 3.18. The van der Waals surface area contributed by atoms with Crippen molar-refractivity contribution in [3.63, 3.8) is 0 Å². The van der Waals surface area contributed by atoms with E-state index in [2.05, 4.69) is 15.8 Å². The van der Waals surface area contributed by atoms with E-state index in [0.29, 0.717) is 21.3 Å². The maximum absolute atomic E-state index is 11.9. The average molecular weight is 364 g/mol. The van der Waals surface area contributed by atoms with Crippen LogP contribution in [0.15, 0.2) is 47.6 Å². The highest BCUT2D eigenvalue weighted by Crippen LogP contribution is 2.19. The number of halogens is 2. The van der Waals surface area contributed by atoms with Crippen molar-refractivity contribution in [3.05, 3.63) is 63.6 Å². The van der Waals surface area contributed by atoms with E-state index in [-0.39, 0.29) is 0 Å². The zero-order valence-electron chi connectivity index (χ0n) is 12.8. The first-order valence-electron chi connectivity index (χ1n) is 7.18. The first-order valence-corrected chi connectivity index (χ1v) is 7.94. The molecule has 0 saturated heterocycles. The molecular weight excluding hydrogens is 349 g/mol. The first kappa shape index (κ1) is 18.0. The molecule has 0 atom stereocenters. The number of hydrogen-bond acceptors (Lipinski definition) is 3. The second kappa shape index (κ2) is 8.47. The third kappa shape index (κ3) is 4.81. The number of carbonyl (C=O) groups is 2. The highest BCUT2D eigenvalue weighted by Gasteiger charge is 2.14. The number of nitrogens with one attached hydrogen (secondary N) is 2. The fourth-order valence-corrected chi connectivity index (χ4v) is 2.40. The zero-order chi connectivity index (χ0) is 17.5. The molecule has 0 heterocycles. The predicted molar refractivity (Wildman–Crippen MR) is 96.6 cm³/mol. The minimum absolute atomic E-state index is 0.391. The molecule has 0 aliphatic rings. The molecule has 0 bridgehead atoms. The number of nitrogens with zero attached hydrogens (tertiary/aromatic N) is 1. The molecule has 24 heavy (non-hydrogen) atoms. The van der Waals surface area contributed by atoms with Crippen LogP contribution in [0.4, 0.5) is 5.69 Å². The van der Waals surface area contributed by atoms with E-state index >= 15 is 0 Å². The van der Waals surface area contributed by atoms with Crippen LogP contribution in [0, 0.1) is 0 Å². The van der Waals surface area contributed by atoms with Gasteiger partial charge in [0.2, 0.25) is 0 Å². The Bertz CT molecular complexity index is 791. The van der Waals surface area contributed by atoms with Gasteiger partial charge in [0, 0.05) is 16.3 Å². The Morgan fingerprint density at radius 1 is 1.12 bits per heavy atom. The molecule has 2 amide bonds. The SMILES string of the molecule is CCc1ccccc1NC(=O)C(=O)N/N=C\c1ccc(Cl)cc1Cl. The maximum Gasteiger partial charge on any atom is 0.329 e. The highest BCUT2D eigenvalue weighted by atomic mass is 35.5. The summed E-state index contributed by atoms with van der Waals surface area (Å²) in [5.41, 5.74) is 4.27. The van der Waals surface area contributed by atoms with Gasteiger partial charge in [-0.05, 0) is 30.2 Å². The molecule has 2 aromatic rings. The standard InChI is InChI=1S/C17H15Cl2N3O2/c1-2-11-5-3-4-6-15(11)21-16(23)17(24)22-20-10-12-7-8-13(18)9-14(12)19/h3-10H,2H2,1H3,(H,21,23)(H,22,24)/b20-10-. The van der Waals surface area contributed by atoms with E-state index in [1.165, 1.54) is 6.21 Å². The van der Waals surface area contributed by atoms with E-state index in [9.17, 15) is 9.59 Å². The summed E-state index contributed by atoms with van der Waals surface area (Å²) in [6.07, 6.45) is 2.08. The van der Waals surface area contributed by atoms with Crippen LogP contribution in [0.3, 0.4) is 0 Å². The summed E-state index contributed by atoms with van der Waals surface area (Å²) in [5, 5.41) is 7.17. The van der Waals surface area contributed by atoms with Crippen LogP contribution in [0.2, 0.25) is 10.0 Å². The first-order chi connectivity index (χ1) is 11.5. The van der Waals surface area contributed by atoms with Gasteiger partial charge in [-0.25, -0.2) is 5.43 Å². The number of amides is 2. The molecule has 0 spiro atoms. The van der Waals surface area contributed by atoms with E-state index < -0.39 is 11.8 Å².